The maximum Gasteiger partial charge on any atom is 0.306 e. The van der Waals surface area contributed by atoms with Gasteiger partial charge >= 0.3 is 5.97 Å². The predicted molar refractivity (Wildman–Crippen MR) is 105 cm³/mol. The van der Waals surface area contributed by atoms with Crippen LogP contribution in [0.3, 0.4) is 0 Å². The fraction of sp³-hybridized carbons (Fsp3) is 0.810. The Balaban J connectivity index is 1.55. The van der Waals surface area contributed by atoms with E-state index < -0.39 is 0 Å². The van der Waals surface area contributed by atoms with Gasteiger partial charge in [0.1, 0.15) is 23.8 Å². The Bertz CT molecular complexity index is 500. The zero-order chi connectivity index (χ0) is 19.5. The summed E-state index contributed by atoms with van der Waals surface area (Å²) in [6.07, 6.45) is 12.8. The summed E-state index contributed by atoms with van der Waals surface area (Å²) in [4.78, 5) is 29.3. The molecule has 27 heavy (non-hydrogen) atoms. The lowest BCUT2D eigenvalue weighted by Crippen LogP contribution is -2.40. The largest absolute Gasteiger partial charge is 0.462 e. The molecule has 0 amide bonds. The monoisotopic (exact) mass is 380 g/mol. The van der Waals surface area contributed by atoms with Crippen molar-refractivity contribution in [3.8, 4) is 0 Å². The van der Waals surface area contributed by atoms with Crippen LogP contribution in [0.4, 0.5) is 0 Å². The molecule has 1 aliphatic carbocycles. The average molecular weight is 381 g/mol. The van der Waals surface area contributed by atoms with Gasteiger partial charge in [-0.1, -0.05) is 51.9 Å². The Kier molecular flexibility index (Phi) is 9.84. The van der Waals surface area contributed by atoms with Crippen LogP contribution in [0, 0.1) is 5.92 Å². The van der Waals surface area contributed by atoms with Crippen LogP contribution in [-0.2, 0) is 19.2 Å². The molecule has 2 atom stereocenters. The molecule has 0 aromatic rings. The van der Waals surface area contributed by atoms with Crippen LogP contribution in [-0.4, -0.2) is 30.6 Å². The molecule has 2 rings (SSSR count). The number of esters is 1. The van der Waals surface area contributed by atoms with Crippen molar-refractivity contribution in [2.24, 2.45) is 5.92 Å². The Labute approximate surface area is 163 Å². The molecule has 0 radical (unpaired) electrons. The number of nitrogens with one attached hydrogen (secondary N) is 2. The van der Waals surface area contributed by atoms with Crippen LogP contribution in [0.25, 0.3) is 0 Å². The second-order valence-electron chi connectivity index (χ2n) is 7.87. The number of Topliss-reactive ketones (excluding diaryl/α,β-unsaturated/α-hetero) is 1. The summed E-state index contributed by atoms with van der Waals surface area (Å²) < 4.78 is 5.51. The van der Waals surface area contributed by atoms with Crippen LogP contribution in [0.2, 0.25) is 0 Å². The number of carbonyl (C=O) groups is 2. The van der Waals surface area contributed by atoms with Gasteiger partial charge in [-0.3, -0.25) is 14.9 Å². The van der Waals surface area contributed by atoms with Crippen molar-refractivity contribution in [1.29, 1.82) is 0 Å². The van der Waals surface area contributed by atoms with E-state index in [4.69, 9.17) is 9.57 Å². The zero-order valence-electron chi connectivity index (χ0n) is 16.9. The lowest BCUT2D eigenvalue weighted by atomic mass is 9.86. The maximum atomic E-state index is 12.1. The number of hydrogen-bond acceptors (Lipinski definition) is 6. The highest BCUT2D eigenvalue weighted by molar-refractivity contribution is 5.81. The number of hydroxylamine groups is 1. The fourth-order valence-electron chi connectivity index (χ4n) is 3.80. The minimum atomic E-state index is -0.324. The summed E-state index contributed by atoms with van der Waals surface area (Å²) in [6, 6.07) is 0. The standard InChI is InChI=1S/C21H36N2O4/c1-3-19(14-18(24)15-22-20-13-16(2)27-23-20)26-21(25)12-8-7-11-17-9-5-4-6-10-17/h13,17,19-20,22-23H,3-12,14-15H2,1-2H3. The number of ketones is 1. The Hall–Kier alpha value is -1.40. The number of ether oxygens (including phenoxy) is 1. The molecular weight excluding hydrogens is 344 g/mol. The van der Waals surface area contributed by atoms with Gasteiger partial charge in [0.25, 0.3) is 0 Å². The van der Waals surface area contributed by atoms with Gasteiger partial charge < -0.3 is 9.57 Å². The Morgan fingerprint density at radius 2 is 2.07 bits per heavy atom. The van der Waals surface area contributed by atoms with E-state index in [2.05, 4.69) is 10.8 Å². The first-order valence-corrected chi connectivity index (χ1v) is 10.6. The van der Waals surface area contributed by atoms with Crippen LogP contribution < -0.4 is 10.8 Å². The molecule has 1 heterocycles. The highest BCUT2D eigenvalue weighted by atomic mass is 16.7. The molecule has 0 aromatic heterocycles. The van der Waals surface area contributed by atoms with E-state index >= 15 is 0 Å². The molecule has 1 aliphatic heterocycles. The predicted octanol–water partition coefficient (Wildman–Crippen LogP) is 3.76. The molecule has 0 aromatic carbocycles. The van der Waals surface area contributed by atoms with Crippen molar-refractivity contribution in [2.45, 2.75) is 96.7 Å². The number of allylic oxidation sites excluding steroid dienone is 1. The third-order valence-corrected chi connectivity index (χ3v) is 5.44. The molecule has 2 N–H and O–H groups in total. The van der Waals surface area contributed by atoms with Gasteiger partial charge in [-0.25, -0.2) is 0 Å². The second-order valence-corrected chi connectivity index (χ2v) is 7.87. The number of hydrogen-bond donors (Lipinski definition) is 2. The van der Waals surface area contributed by atoms with Crippen LogP contribution in [0.5, 0.6) is 0 Å². The SMILES string of the molecule is CCC(CC(=O)CNC1C=C(C)ON1)OC(=O)CCCCC1CCCCC1. The van der Waals surface area contributed by atoms with Gasteiger partial charge in [0.2, 0.25) is 0 Å². The molecule has 6 heteroatoms. The molecular formula is C21H36N2O4. The first-order chi connectivity index (χ1) is 13.1. The number of rotatable bonds is 12. The van der Waals surface area contributed by atoms with Crippen LogP contribution in [0.1, 0.15) is 84.5 Å². The van der Waals surface area contributed by atoms with E-state index in [1.165, 1.54) is 38.5 Å². The third kappa shape index (κ3) is 8.89. The quantitative estimate of drug-likeness (QED) is 0.396. The Morgan fingerprint density at radius 1 is 1.30 bits per heavy atom. The molecule has 1 fully saturated rings. The van der Waals surface area contributed by atoms with E-state index in [-0.39, 0.29) is 37.0 Å². The molecule has 2 unspecified atom stereocenters. The van der Waals surface area contributed by atoms with Crippen molar-refractivity contribution in [3.05, 3.63) is 11.8 Å². The minimum absolute atomic E-state index is 0.0340. The number of carbonyl (C=O) groups excluding carboxylic acids is 2. The van der Waals surface area contributed by atoms with Gasteiger partial charge in [-0.05, 0) is 31.8 Å². The first kappa shape index (κ1) is 21.9. The lowest BCUT2D eigenvalue weighted by molar-refractivity contribution is -0.150. The molecule has 6 nitrogen and oxygen atoms in total. The summed E-state index contributed by atoms with van der Waals surface area (Å²) in [5, 5.41) is 3.07. The van der Waals surface area contributed by atoms with E-state index in [9.17, 15) is 9.59 Å². The minimum Gasteiger partial charge on any atom is -0.462 e. The van der Waals surface area contributed by atoms with Gasteiger partial charge in [0.05, 0.1) is 6.54 Å². The number of unbranched alkanes of at least 4 members (excludes halogenated alkanes) is 1. The molecule has 154 valence electrons. The highest BCUT2D eigenvalue weighted by Crippen LogP contribution is 2.27. The van der Waals surface area contributed by atoms with Crippen molar-refractivity contribution < 1.29 is 19.2 Å². The molecule has 0 bridgehead atoms. The topological polar surface area (TPSA) is 76.7 Å². The molecule has 0 spiro atoms. The summed E-state index contributed by atoms with van der Waals surface area (Å²) in [6.45, 7) is 4.01. The summed E-state index contributed by atoms with van der Waals surface area (Å²) in [5.41, 5.74) is 2.77. The fourth-order valence-corrected chi connectivity index (χ4v) is 3.80. The summed E-state index contributed by atoms with van der Waals surface area (Å²) in [5.74, 6) is 1.51. The highest BCUT2D eigenvalue weighted by Gasteiger charge is 2.19. The van der Waals surface area contributed by atoms with Gasteiger partial charge in [-0.15, -0.1) is 5.48 Å². The van der Waals surface area contributed by atoms with Crippen LogP contribution in [0.15, 0.2) is 11.8 Å². The average Bonchev–Trinajstić information content (AvgIpc) is 3.09. The van der Waals surface area contributed by atoms with E-state index in [0.29, 0.717) is 12.8 Å². The Morgan fingerprint density at radius 3 is 2.74 bits per heavy atom. The maximum absolute atomic E-state index is 12.1. The molecule has 2 aliphatic rings. The zero-order valence-corrected chi connectivity index (χ0v) is 16.9. The van der Waals surface area contributed by atoms with E-state index in [1.54, 1.807) is 0 Å². The van der Waals surface area contributed by atoms with Crippen molar-refractivity contribution in [3.63, 3.8) is 0 Å². The smallest absolute Gasteiger partial charge is 0.306 e. The van der Waals surface area contributed by atoms with Gasteiger partial charge in [0.15, 0.2) is 0 Å². The normalized spacial score (nSPS) is 21.4. The van der Waals surface area contributed by atoms with Crippen molar-refractivity contribution >= 4 is 11.8 Å². The van der Waals surface area contributed by atoms with E-state index in [0.717, 1.165) is 24.5 Å². The van der Waals surface area contributed by atoms with Crippen molar-refractivity contribution in [1.82, 2.24) is 10.8 Å². The van der Waals surface area contributed by atoms with Crippen LogP contribution >= 0.6 is 0 Å². The first-order valence-electron chi connectivity index (χ1n) is 10.6. The molecule has 1 saturated carbocycles. The van der Waals surface area contributed by atoms with E-state index in [1.807, 2.05) is 19.9 Å². The molecule has 0 saturated heterocycles. The third-order valence-electron chi connectivity index (χ3n) is 5.44. The van der Waals surface area contributed by atoms with Crippen molar-refractivity contribution in [2.75, 3.05) is 6.54 Å². The second kappa shape index (κ2) is 12.1. The summed E-state index contributed by atoms with van der Waals surface area (Å²) in [7, 11) is 0. The lowest BCUT2D eigenvalue weighted by Gasteiger charge is -2.21. The summed E-state index contributed by atoms with van der Waals surface area (Å²) >= 11 is 0. The van der Waals surface area contributed by atoms with Gasteiger partial charge in [-0.2, -0.15) is 0 Å². The van der Waals surface area contributed by atoms with Gasteiger partial charge in [0, 0.05) is 12.8 Å².